The topological polar surface area (TPSA) is 86.7 Å². The van der Waals surface area contributed by atoms with Crippen molar-refractivity contribution in [3.63, 3.8) is 0 Å². The van der Waals surface area contributed by atoms with Gasteiger partial charge in [-0.05, 0) is 43.4 Å². The van der Waals surface area contributed by atoms with Crippen LogP contribution in [0.5, 0.6) is 0 Å². The number of hydrogen-bond donors (Lipinski definition) is 0. The highest BCUT2D eigenvalue weighted by Gasteiger charge is 2.20. The average molecular weight is 547 g/mol. The van der Waals surface area contributed by atoms with Crippen molar-refractivity contribution in [3.05, 3.63) is 34.9 Å². The molecule has 1 rings (SSSR count). The minimum Gasteiger partial charge on any atom is -0.462 e. The Morgan fingerprint density at radius 1 is 0.564 bits per heavy atom. The number of aryl methyl sites for hydroxylation is 1. The first kappa shape index (κ1) is 36.5. The zero-order valence-corrected chi connectivity index (χ0v) is 25.0. The molecule has 0 aliphatic rings. The van der Waals surface area contributed by atoms with E-state index in [4.69, 9.17) is 19.1 Å². The molecule has 0 N–H and O–H groups in total. The highest BCUT2D eigenvalue weighted by Crippen LogP contribution is 2.19. The summed E-state index contributed by atoms with van der Waals surface area (Å²) in [6, 6.07) is 5.59. The van der Waals surface area contributed by atoms with E-state index >= 15 is 0 Å². The van der Waals surface area contributed by atoms with Crippen molar-refractivity contribution < 1.29 is 28.7 Å². The van der Waals surface area contributed by atoms with Gasteiger partial charge in [0.2, 0.25) is 0 Å². The predicted molar refractivity (Wildman–Crippen MR) is 156 cm³/mol. The summed E-state index contributed by atoms with van der Waals surface area (Å²) in [5, 5.41) is 0. The molecule has 0 aromatic heterocycles. The van der Waals surface area contributed by atoms with Gasteiger partial charge in [0.1, 0.15) is 0 Å². The van der Waals surface area contributed by atoms with Gasteiger partial charge in [-0.2, -0.15) is 9.59 Å². The minimum absolute atomic E-state index is 0.250. The number of carbonyl (C=O) groups is 2. The van der Waals surface area contributed by atoms with Crippen LogP contribution in [0.4, 0.5) is 0 Å². The van der Waals surface area contributed by atoms with Crippen molar-refractivity contribution in [1.82, 2.24) is 0 Å². The molecule has 0 aliphatic heterocycles. The van der Waals surface area contributed by atoms with Gasteiger partial charge >= 0.3 is 18.1 Å². The molecule has 0 aliphatic carbocycles. The van der Waals surface area contributed by atoms with Crippen LogP contribution in [0.15, 0.2) is 18.2 Å². The summed E-state index contributed by atoms with van der Waals surface area (Å²) >= 11 is 0. The summed E-state index contributed by atoms with van der Waals surface area (Å²) in [5.41, 5.74) is 1.78. The largest absolute Gasteiger partial charge is 0.462 e. The lowest BCUT2D eigenvalue weighted by Gasteiger charge is -2.12. The van der Waals surface area contributed by atoms with Crippen molar-refractivity contribution in [2.45, 2.75) is 143 Å². The van der Waals surface area contributed by atoms with Gasteiger partial charge in [0.25, 0.3) is 0 Å². The number of rotatable bonds is 23. The van der Waals surface area contributed by atoms with Crippen molar-refractivity contribution in [1.29, 1.82) is 0 Å². The maximum atomic E-state index is 13.0. The van der Waals surface area contributed by atoms with Gasteiger partial charge in [-0.3, -0.25) is 0 Å². The van der Waals surface area contributed by atoms with Gasteiger partial charge in [0.05, 0.1) is 24.3 Å². The number of esters is 2. The molecule has 39 heavy (non-hydrogen) atoms. The van der Waals surface area contributed by atoms with E-state index in [9.17, 15) is 9.59 Å². The fourth-order valence-electron chi connectivity index (χ4n) is 4.45. The Kier molecular flexibility index (Phi) is 25.4. The maximum Gasteiger partial charge on any atom is 0.373 e. The summed E-state index contributed by atoms with van der Waals surface area (Å²) in [7, 11) is 0. The summed E-state index contributed by atoms with van der Waals surface area (Å²) in [4.78, 5) is 42.0. The number of unbranched alkanes of at least 4 members (excludes halogenated alkanes) is 15. The first-order chi connectivity index (χ1) is 19.0. The first-order valence-corrected chi connectivity index (χ1v) is 15.5. The first-order valence-electron chi connectivity index (χ1n) is 15.5. The van der Waals surface area contributed by atoms with E-state index in [0.717, 1.165) is 44.1 Å². The average Bonchev–Trinajstić information content (AvgIpc) is 2.94. The lowest BCUT2D eigenvalue weighted by Crippen LogP contribution is -2.15. The number of carbonyl (C=O) groups excluding carboxylic acids is 4. The summed E-state index contributed by atoms with van der Waals surface area (Å²) in [5.74, 6) is -0.818. The molecular weight excluding hydrogens is 492 g/mol. The molecule has 0 saturated heterocycles. The second kappa shape index (κ2) is 27.1. The van der Waals surface area contributed by atoms with E-state index in [-0.39, 0.29) is 6.15 Å². The van der Waals surface area contributed by atoms with Crippen LogP contribution in [0, 0.1) is 0 Å². The van der Waals surface area contributed by atoms with Gasteiger partial charge in [-0.1, -0.05) is 123 Å². The van der Waals surface area contributed by atoms with Gasteiger partial charge in [0, 0.05) is 0 Å². The summed E-state index contributed by atoms with van der Waals surface area (Å²) in [6.45, 7) is 7.44. The molecule has 1 aromatic rings. The predicted octanol–water partition coefficient (Wildman–Crippen LogP) is 9.04. The Labute approximate surface area is 237 Å². The van der Waals surface area contributed by atoms with Crippen LogP contribution >= 0.6 is 0 Å². The van der Waals surface area contributed by atoms with Crippen LogP contribution in [-0.2, 0) is 25.5 Å². The highest BCUT2D eigenvalue weighted by molar-refractivity contribution is 6.03. The molecule has 222 valence electrons. The van der Waals surface area contributed by atoms with Crippen LogP contribution in [0.2, 0.25) is 0 Å². The Morgan fingerprint density at radius 3 is 1.41 bits per heavy atom. The molecule has 0 unspecified atom stereocenters. The Bertz CT molecular complexity index is 782. The van der Waals surface area contributed by atoms with Crippen LogP contribution in [0.3, 0.4) is 0 Å². The van der Waals surface area contributed by atoms with E-state index in [1.807, 2.05) is 12.1 Å². The molecule has 0 fully saturated rings. The number of hydrogen-bond acceptors (Lipinski definition) is 6. The van der Waals surface area contributed by atoms with Crippen molar-refractivity contribution in [3.8, 4) is 0 Å². The summed E-state index contributed by atoms with van der Waals surface area (Å²) in [6.07, 6.45) is 22.2. The van der Waals surface area contributed by atoms with Gasteiger partial charge < -0.3 is 9.47 Å². The number of benzene rings is 1. The lowest BCUT2D eigenvalue weighted by atomic mass is 9.99. The quantitative estimate of drug-likeness (QED) is 0.100. The Morgan fingerprint density at radius 2 is 0.949 bits per heavy atom. The van der Waals surface area contributed by atoms with E-state index < -0.39 is 11.9 Å². The van der Waals surface area contributed by atoms with E-state index in [1.54, 1.807) is 6.07 Å². The molecular formula is C33H54O6. The minimum atomic E-state index is -0.416. The fourth-order valence-corrected chi connectivity index (χ4v) is 4.45. The van der Waals surface area contributed by atoms with Crippen molar-refractivity contribution >= 4 is 18.1 Å². The Balaban J connectivity index is 0.00000458. The highest BCUT2D eigenvalue weighted by atomic mass is 16.5. The van der Waals surface area contributed by atoms with Crippen LogP contribution in [-0.4, -0.2) is 31.3 Å². The van der Waals surface area contributed by atoms with Crippen LogP contribution < -0.4 is 0 Å². The van der Waals surface area contributed by atoms with Crippen LogP contribution in [0.1, 0.15) is 163 Å². The van der Waals surface area contributed by atoms with E-state index in [0.29, 0.717) is 24.3 Å². The second-order valence-electron chi connectivity index (χ2n) is 10.3. The third-order valence-electron chi connectivity index (χ3n) is 6.80. The SMILES string of the molecule is CCCCCCCCOC(=O)c1ccc(CCCCCCCC)cc1C(=O)OCCCCCCCC.O=C=O. The smallest absolute Gasteiger partial charge is 0.373 e. The number of ether oxygens (including phenoxy) is 2. The fraction of sp³-hybridized carbons (Fsp3) is 0.727. The Hall–Kier alpha value is -2.46. The second-order valence-corrected chi connectivity index (χ2v) is 10.3. The van der Waals surface area contributed by atoms with Gasteiger partial charge in [0.15, 0.2) is 0 Å². The molecule has 1 aromatic carbocycles. The molecule has 0 amide bonds. The van der Waals surface area contributed by atoms with Gasteiger partial charge in [-0.15, -0.1) is 0 Å². The van der Waals surface area contributed by atoms with Crippen molar-refractivity contribution in [2.24, 2.45) is 0 Å². The molecule has 0 atom stereocenters. The van der Waals surface area contributed by atoms with Crippen molar-refractivity contribution in [2.75, 3.05) is 13.2 Å². The molecule has 0 radical (unpaired) electrons. The molecule has 0 spiro atoms. The third kappa shape index (κ3) is 20.2. The molecule has 0 bridgehead atoms. The zero-order valence-electron chi connectivity index (χ0n) is 25.0. The molecule has 0 heterocycles. The standard InChI is InChI=1S/C32H54O4.CO2/c1-4-7-10-13-16-19-22-28-23-24-29(31(33)35-25-20-17-14-11-8-5-2)30(27-28)32(34)36-26-21-18-15-12-9-6-3;2-1-3/h23-24,27H,4-22,25-26H2,1-3H3;. The van der Waals surface area contributed by atoms with E-state index in [1.165, 1.54) is 83.5 Å². The zero-order chi connectivity index (χ0) is 29.0. The summed E-state index contributed by atoms with van der Waals surface area (Å²) < 4.78 is 11.1. The molecule has 0 saturated carbocycles. The lowest BCUT2D eigenvalue weighted by molar-refractivity contribution is -0.191. The van der Waals surface area contributed by atoms with Crippen LogP contribution in [0.25, 0.3) is 0 Å². The maximum absolute atomic E-state index is 13.0. The monoisotopic (exact) mass is 546 g/mol. The third-order valence-corrected chi connectivity index (χ3v) is 6.80. The van der Waals surface area contributed by atoms with E-state index in [2.05, 4.69) is 20.8 Å². The molecule has 6 heteroatoms. The molecule has 6 nitrogen and oxygen atoms in total. The van der Waals surface area contributed by atoms with Gasteiger partial charge in [-0.25, -0.2) is 9.59 Å². The normalized spacial score (nSPS) is 10.3.